The maximum absolute atomic E-state index is 12.1. The molecule has 1 amide bonds. The summed E-state index contributed by atoms with van der Waals surface area (Å²) in [6, 6.07) is 7.12. The fraction of sp³-hybridized carbons (Fsp3) is 0.429. The van der Waals surface area contributed by atoms with Crippen LogP contribution in [0.2, 0.25) is 0 Å². The van der Waals surface area contributed by atoms with Gasteiger partial charge in [-0.05, 0) is 28.0 Å². The molecule has 0 saturated heterocycles. The summed E-state index contributed by atoms with van der Waals surface area (Å²) in [7, 11) is 0. The second kappa shape index (κ2) is 6.01. The van der Waals surface area contributed by atoms with Gasteiger partial charge in [-0.15, -0.1) is 5.10 Å². The van der Waals surface area contributed by atoms with Gasteiger partial charge in [-0.25, -0.2) is 0 Å². The van der Waals surface area contributed by atoms with Gasteiger partial charge < -0.3 is 11.1 Å². The summed E-state index contributed by atoms with van der Waals surface area (Å²) in [5, 5.41) is 13.9. The molecule has 0 aliphatic heterocycles. The van der Waals surface area contributed by atoms with Crippen LogP contribution in [0.15, 0.2) is 30.6 Å². The highest BCUT2D eigenvalue weighted by atomic mass is 16.1. The Hall–Kier alpha value is -2.28. The number of carbonyl (C=O) groups excluding carboxylic acids is 1. The van der Waals surface area contributed by atoms with Crippen LogP contribution in [0.5, 0.6) is 0 Å². The van der Waals surface area contributed by atoms with Gasteiger partial charge in [0.25, 0.3) is 0 Å². The van der Waals surface area contributed by atoms with Gasteiger partial charge in [-0.1, -0.05) is 32.9 Å². The van der Waals surface area contributed by atoms with E-state index in [2.05, 4.69) is 20.8 Å². The molecule has 2 aromatic rings. The van der Waals surface area contributed by atoms with E-state index in [0.717, 1.165) is 0 Å². The number of amides is 1. The highest BCUT2D eigenvalue weighted by molar-refractivity contribution is 5.93. The Balaban J connectivity index is 2.12. The first-order valence-corrected chi connectivity index (χ1v) is 6.76. The molecule has 0 saturated carbocycles. The van der Waals surface area contributed by atoms with E-state index in [9.17, 15) is 4.79 Å². The van der Waals surface area contributed by atoms with Crippen LogP contribution < -0.4 is 11.1 Å². The van der Waals surface area contributed by atoms with Crippen molar-refractivity contribution in [2.75, 3.05) is 5.32 Å². The number of rotatable bonds is 4. The molecular formula is C14H20N6O. The van der Waals surface area contributed by atoms with Gasteiger partial charge in [0.1, 0.15) is 6.33 Å². The average Bonchev–Trinajstić information content (AvgIpc) is 2.91. The third-order valence-corrected chi connectivity index (χ3v) is 3.29. The second-order valence-corrected chi connectivity index (χ2v) is 6.00. The molecule has 0 bridgehead atoms. The number of carbonyl (C=O) groups is 1. The van der Waals surface area contributed by atoms with Crippen LogP contribution in [0.25, 0.3) is 5.69 Å². The van der Waals surface area contributed by atoms with Gasteiger partial charge in [-0.2, -0.15) is 4.68 Å². The zero-order valence-corrected chi connectivity index (χ0v) is 12.4. The fourth-order valence-electron chi connectivity index (χ4n) is 1.76. The van der Waals surface area contributed by atoms with Crippen LogP contribution in [-0.4, -0.2) is 32.2 Å². The van der Waals surface area contributed by atoms with E-state index in [0.29, 0.717) is 11.4 Å². The van der Waals surface area contributed by atoms with Gasteiger partial charge >= 0.3 is 0 Å². The van der Waals surface area contributed by atoms with E-state index < -0.39 is 0 Å². The van der Waals surface area contributed by atoms with E-state index in [-0.39, 0.29) is 23.8 Å². The van der Waals surface area contributed by atoms with Gasteiger partial charge in [0.2, 0.25) is 5.91 Å². The number of hydrogen-bond donors (Lipinski definition) is 2. The average molecular weight is 288 g/mol. The highest BCUT2D eigenvalue weighted by Crippen LogP contribution is 2.22. The molecule has 2 rings (SSSR count). The van der Waals surface area contributed by atoms with Crippen LogP contribution in [-0.2, 0) is 4.79 Å². The number of tetrazole rings is 1. The Labute approximate surface area is 123 Å². The molecule has 1 aromatic heterocycles. The number of hydrogen-bond acceptors (Lipinski definition) is 5. The minimum atomic E-state index is -0.210. The minimum absolute atomic E-state index is 0.118. The molecule has 0 radical (unpaired) electrons. The third-order valence-electron chi connectivity index (χ3n) is 3.29. The smallest absolute Gasteiger partial charge is 0.226 e. The van der Waals surface area contributed by atoms with Gasteiger partial charge in [0.15, 0.2) is 0 Å². The van der Waals surface area contributed by atoms with Crippen molar-refractivity contribution in [3.8, 4) is 5.69 Å². The van der Waals surface area contributed by atoms with E-state index >= 15 is 0 Å². The summed E-state index contributed by atoms with van der Waals surface area (Å²) >= 11 is 0. The molecule has 7 heteroatoms. The first kappa shape index (κ1) is 15.1. The summed E-state index contributed by atoms with van der Waals surface area (Å²) < 4.78 is 1.50. The molecule has 7 nitrogen and oxygen atoms in total. The first-order valence-electron chi connectivity index (χ1n) is 6.76. The first-order chi connectivity index (χ1) is 9.88. The number of nitrogens with zero attached hydrogens (tertiary/aromatic N) is 4. The summed E-state index contributed by atoms with van der Waals surface area (Å²) in [5.74, 6) is -0.127. The molecule has 1 unspecified atom stereocenters. The Morgan fingerprint density at radius 2 is 2.10 bits per heavy atom. The maximum Gasteiger partial charge on any atom is 0.226 e. The Morgan fingerprint density at radius 3 is 2.71 bits per heavy atom. The summed E-state index contributed by atoms with van der Waals surface area (Å²) in [6.45, 7) is 6.04. The number of nitrogens with one attached hydrogen (secondary N) is 1. The monoisotopic (exact) mass is 288 g/mol. The van der Waals surface area contributed by atoms with E-state index in [4.69, 9.17) is 5.73 Å². The second-order valence-electron chi connectivity index (χ2n) is 6.00. The van der Waals surface area contributed by atoms with Crippen molar-refractivity contribution < 1.29 is 4.79 Å². The molecule has 0 spiro atoms. The molecular weight excluding hydrogens is 268 g/mol. The Bertz CT molecular complexity index is 602. The zero-order chi connectivity index (χ0) is 15.5. The predicted octanol–water partition coefficient (Wildman–Crippen LogP) is 1.36. The summed E-state index contributed by atoms with van der Waals surface area (Å²) in [6.07, 6.45) is 1.74. The number of para-hydroxylation sites is 2. The molecule has 1 heterocycles. The lowest BCUT2D eigenvalue weighted by Crippen LogP contribution is -2.38. The normalized spacial score (nSPS) is 13.0. The largest absolute Gasteiger partial charge is 0.327 e. The molecule has 1 aromatic carbocycles. The minimum Gasteiger partial charge on any atom is -0.327 e. The molecule has 0 fully saturated rings. The van der Waals surface area contributed by atoms with Crippen LogP contribution in [0.4, 0.5) is 5.69 Å². The molecule has 1 atom stereocenters. The maximum atomic E-state index is 12.1. The van der Waals surface area contributed by atoms with Crippen LogP contribution in [0.3, 0.4) is 0 Å². The van der Waals surface area contributed by atoms with Crippen molar-refractivity contribution in [2.45, 2.75) is 33.2 Å². The zero-order valence-electron chi connectivity index (χ0n) is 12.4. The van der Waals surface area contributed by atoms with Gasteiger partial charge in [0, 0.05) is 12.5 Å². The predicted molar refractivity (Wildman–Crippen MR) is 79.8 cm³/mol. The van der Waals surface area contributed by atoms with Crippen LogP contribution in [0, 0.1) is 5.41 Å². The van der Waals surface area contributed by atoms with Crippen molar-refractivity contribution in [1.29, 1.82) is 0 Å². The number of anilines is 1. The number of benzene rings is 1. The lowest BCUT2D eigenvalue weighted by molar-refractivity contribution is -0.117. The number of aromatic nitrogens is 4. The Morgan fingerprint density at radius 1 is 1.38 bits per heavy atom. The lowest BCUT2D eigenvalue weighted by atomic mass is 9.85. The van der Waals surface area contributed by atoms with Crippen molar-refractivity contribution in [1.82, 2.24) is 20.2 Å². The highest BCUT2D eigenvalue weighted by Gasteiger charge is 2.23. The summed E-state index contributed by atoms with van der Waals surface area (Å²) in [4.78, 5) is 12.1. The topological polar surface area (TPSA) is 98.7 Å². The van der Waals surface area contributed by atoms with Gasteiger partial charge in [0.05, 0.1) is 11.4 Å². The molecule has 112 valence electrons. The molecule has 3 N–H and O–H groups in total. The van der Waals surface area contributed by atoms with Crippen molar-refractivity contribution in [3.05, 3.63) is 30.6 Å². The number of nitrogens with two attached hydrogens (primary N) is 1. The van der Waals surface area contributed by atoms with Crippen LogP contribution in [0.1, 0.15) is 27.2 Å². The lowest BCUT2D eigenvalue weighted by Gasteiger charge is -2.26. The Kier molecular flexibility index (Phi) is 4.32. The summed E-state index contributed by atoms with van der Waals surface area (Å²) in [5.41, 5.74) is 7.28. The van der Waals surface area contributed by atoms with Crippen molar-refractivity contribution in [3.63, 3.8) is 0 Å². The molecule has 0 aliphatic carbocycles. The molecule has 21 heavy (non-hydrogen) atoms. The quantitative estimate of drug-likeness (QED) is 0.885. The van der Waals surface area contributed by atoms with Gasteiger partial charge in [-0.3, -0.25) is 4.79 Å². The van der Waals surface area contributed by atoms with Crippen LogP contribution >= 0.6 is 0 Å². The standard InChI is InChI=1S/C14H20N6O/c1-14(2,3)12(15)8-13(21)17-10-6-4-5-7-11(10)20-9-16-18-19-20/h4-7,9,12H,8,15H2,1-3H3,(H,17,21). The fourth-order valence-corrected chi connectivity index (χ4v) is 1.76. The van der Waals surface area contributed by atoms with Crippen molar-refractivity contribution in [2.24, 2.45) is 11.1 Å². The SMILES string of the molecule is CC(C)(C)C(N)CC(=O)Nc1ccccc1-n1cnnn1. The van der Waals surface area contributed by atoms with E-state index in [1.807, 2.05) is 39.0 Å². The van der Waals surface area contributed by atoms with E-state index in [1.54, 1.807) is 6.07 Å². The molecule has 0 aliphatic rings. The van der Waals surface area contributed by atoms with E-state index in [1.165, 1.54) is 11.0 Å². The van der Waals surface area contributed by atoms with Crippen molar-refractivity contribution >= 4 is 11.6 Å². The third kappa shape index (κ3) is 3.85.